The third-order valence-corrected chi connectivity index (χ3v) is 2.83. The van der Waals surface area contributed by atoms with Crippen molar-refractivity contribution >= 4 is 28.9 Å². The second-order valence-electron chi connectivity index (χ2n) is 3.83. The van der Waals surface area contributed by atoms with Gasteiger partial charge in [0.15, 0.2) is 0 Å². The van der Waals surface area contributed by atoms with E-state index in [0.29, 0.717) is 25.2 Å². The average Bonchev–Trinajstić information content (AvgIpc) is 2.54. The Labute approximate surface area is 105 Å². The molecule has 2 heterocycles. The molecule has 90 valence electrons. The summed E-state index contributed by atoms with van der Waals surface area (Å²) in [5.41, 5.74) is 6.16. The summed E-state index contributed by atoms with van der Waals surface area (Å²) in [5.74, 6) is 0.893. The lowest BCUT2D eigenvalue weighted by Crippen LogP contribution is -2.29. The number of anilines is 1. The van der Waals surface area contributed by atoms with Crippen molar-refractivity contribution in [1.82, 2.24) is 10.3 Å². The van der Waals surface area contributed by atoms with E-state index in [1.807, 2.05) is 12.1 Å². The number of hydrogen-bond donors (Lipinski definition) is 2. The van der Waals surface area contributed by atoms with Gasteiger partial charge in [0.25, 0.3) is 0 Å². The smallest absolute Gasteiger partial charge is 0.221 e. The van der Waals surface area contributed by atoms with Crippen LogP contribution in [0.5, 0.6) is 0 Å². The second-order valence-corrected chi connectivity index (χ2v) is 4.27. The van der Waals surface area contributed by atoms with Crippen LogP contribution in [0.4, 0.5) is 5.82 Å². The summed E-state index contributed by atoms with van der Waals surface area (Å²) in [5, 5.41) is 2.82. The summed E-state index contributed by atoms with van der Waals surface area (Å²) in [6, 6.07) is 5.56. The maximum absolute atomic E-state index is 11.2. The summed E-state index contributed by atoms with van der Waals surface area (Å²) in [4.78, 5) is 18.0. The van der Waals surface area contributed by atoms with Crippen LogP contribution in [0.1, 0.15) is 12.1 Å². The number of nitrogens with zero attached hydrogens (tertiary/aromatic N) is 2. The summed E-state index contributed by atoms with van der Waals surface area (Å²) in [7, 11) is 0. The fourth-order valence-corrected chi connectivity index (χ4v) is 1.85. The highest BCUT2D eigenvalue weighted by molar-refractivity contribution is 7.80. The fraction of sp³-hybridized carbons (Fsp3) is 0.364. The molecule has 0 aromatic carbocycles. The zero-order valence-electron chi connectivity index (χ0n) is 9.35. The van der Waals surface area contributed by atoms with Gasteiger partial charge < -0.3 is 16.0 Å². The minimum absolute atomic E-state index is 0.0815. The summed E-state index contributed by atoms with van der Waals surface area (Å²) >= 11 is 4.90. The maximum Gasteiger partial charge on any atom is 0.221 e. The molecule has 3 N–H and O–H groups in total. The van der Waals surface area contributed by atoms with Crippen molar-refractivity contribution in [1.29, 1.82) is 0 Å². The lowest BCUT2D eigenvalue weighted by atomic mass is 10.3. The van der Waals surface area contributed by atoms with Gasteiger partial charge in [0.2, 0.25) is 5.91 Å². The van der Waals surface area contributed by atoms with Crippen molar-refractivity contribution in [3.8, 4) is 0 Å². The van der Waals surface area contributed by atoms with E-state index >= 15 is 0 Å². The first kappa shape index (κ1) is 11.8. The van der Waals surface area contributed by atoms with E-state index in [1.54, 1.807) is 6.07 Å². The quantitative estimate of drug-likeness (QED) is 0.725. The van der Waals surface area contributed by atoms with E-state index in [4.69, 9.17) is 18.0 Å². The van der Waals surface area contributed by atoms with Gasteiger partial charge in [-0.3, -0.25) is 4.79 Å². The second kappa shape index (κ2) is 5.09. The number of hydrogen-bond acceptors (Lipinski definition) is 4. The molecule has 0 aliphatic carbocycles. The van der Waals surface area contributed by atoms with E-state index in [-0.39, 0.29) is 10.9 Å². The topological polar surface area (TPSA) is 71.2 Å². The number of nitrogens with one attached hydrogen (secondary N) is 1. The Hall–Kier alpha value is -1.69. The first-order chi connectivity index (χ1) is 8.16. The largest absolute Gasteiger partial charge is 0.388 e. The molecule has 0 radical (unpaired) electrons. The fourth-order valence-electron chi connectivity index (χ4n) is 1.73. The van der Waals surface area contributed by atoms with Gasteiger partial charge in [-0.15, -0.1) is 0 Å². The van der Waals surface area contributed by atoms with Gasteiger partial charge in [0.1, 0.15) is 10.8 Å². The molecule has 5 nitrogen and oxygen atoms in total. The number of aromatic nitrogens is 1. The average molecular weight is 250 g/mol. The van der Waals surface area contributed by atoms with Crippen LogP contribution >= 0.6 is 12.2 Å². The highest BCUT2D eigenvalue weighted by Crippen LogP contribution is 2.12. The molecule has 0 bridgehead atoms. The van der Waals surface area contributed by atoms with E-state index in [2.05, 4.69) is 15.2 Å². The summed E-state index contributed by atoms with van der Waals surface area (Å²) in [6.45, 7) is 2.05. The molecule has 1 aromatic rings. The Morgan fingerprint density at radius 2 is 2.29 bits per heavy atom. The van der Waals surface area contributed by atoms with Crippen LogP contribution in [0, 0.1) is 0 Å². The van der Waals surface area contributed by atoms with Gasteiger partial charge in [-0.25, -0.2) is 4.98 Å². The van der Waals surface area contributed by atoms with Crippen LogP contribution in [0.25, 0.3) is 0 Å². The Balaban J connectivity index is 2.18. The third kappa shape index (κ3) is 2.91. The highest BCUT2D eigenvalue weighted by Gasteiger charge is 2.15. The SMILES string of the molecule is NC(=S)c1cccc(N2CCNC(=O)CC2)n1. The number of rotatable bonds is 2. The lowest BCUT2D eigenvalue weighted by molar-refractivity contribution is -0.120. The number of carbonyl (C=O) groups excluding carboxylic acids is 1. The van der Waals surface area contributed by atoms with Gasteiger partial charge in [-0.05, 0) is 12.1 Å². The van der Waals surface area contributed by atoms with Gasteiger partial charge >= 0.3 is 0 Å². The molecule has 0 atom stereocenters. The normalized spacial score (nSPS) is 16.2. The van der Waals surface area contributed by atoms with Crippen LogP contribution < -0.4 is 16.0 Å². The zero-order valence-corrected chi connectivity index (χ0v) is 10.2. The van der Waals surface area contributed by atoms with Crippen molar-refractivity contribution < 1.29 is 4.79 Å². The van der Waals surface area contributed by atoms with Gasteiger partial charge in [0.05, 0.1) is 5.69 Å². The first-order valence-corrected chi connectivity index (χ1v) is 5.86. The number of pyridine rings is 1. The van der Waals surface area contributed by atoms with Crippen molar-refractivity contribution in [2.45, 2.75) is 6.42 Å². The number of carbonyl (C=O) groups is 1. The Bertz CT molecular complexity index is 449. The molecule has 1 fully saturated rings. The predicted molar refractivity (Wildman–Crippen MR) is 70.0 cm³/mol. The molecule has 2 rings (SSSR count). The maximum atomic E-state index is 11.2. The first-order valence-electron chi connectivity index (χ1n) is 5.45. The van der Waals surface area contributed by atoms with Gasteiger partial charge in [-0.1, -0.05) is 18.3 Å². The van der Waals surface area contributed by atoms with E-state index in [0.717, 1.165) is 12.4 Å². The van der Waals surface area contributed by atoms with Gasteiger partial charge in [0, 0.05) is 26.1 Å². The van der Waals surface area contributed by atoms with Crippen molar-refractivity contribution in [3.05, 3.63) is 23.9 Å². The minimum Gasteiger partial charge on any atom is -0.388 e. The van der Waals surface area contributed by atoms with Gasteiger partial charge in [-0.2, -0.15) is 0 Å². The van der Waals surface area contributed by atoms with Crippen LogP contribution in [0.3, 0.4) is 0 Å². The Morgan fingerprint density at radius 1 is 1.47 bits per heavy atom. The standard InChI is InChI=1S/C11H14N4OS/c12-11(17)8-2-1-3-9(14-8)15-6-4-10(16)13-5-7-15/h1-3H,4-7H2,(H2,12,17)(H,13,16). The van der Waals surface area contributed by atoms with E-state index in [1.165, 1.54) is 0 Å². The number of nitrogens with two attached hydrogens (primary N) is 1. The molecule has 1 saturated heterocycles. The molecule has 17 heavy (non-hydrogen) atoms. The van der Waals surface area contributed by atoms with Crippen LogP contribution in [0.2, 0.25) is 0 Å². The Morgan fingerprint density at radius 3 is 3.06 bits per heavy atom. The number of amides is 1. The molecule has 0 saturated carbocycles. The zero-order chi connectivity index (χ0) is 12.3. The molecule has 6 heteroatoms. The molecule has 0 unspecified atom stereocenters. The molecular weight excluding hydrogens is 236 g/mol. The summed E-state index contributed by atoms with van der Waals surface area (Å²) < 4.78 is 0. The third-order valence-electron chi connectivity index (χ3n) is 2.62. The van der Waals surface area contributed by atoms with Crippen LogP contribution in [-0.4, -0.2) is 35.5 Å². The Kier molecular flexibility index (Phi) is 3.53. The van der Waals surface area contributed by atoms with Crippen molar-refractivity contribution in [2.24, 2.45) is 5.73 Å². The van der Waals surface area contributed by atoms with Crippen molar-refractivity contribution in [2.75, 3.05) is 24.5 Å². The highest BCUT2D eigenvalue weighted by atomic mass is 32.1. The predicted octanol–water partition coefficient (Wildman–Crippen LogP) is 0.0421. The van der Waals surface area contributed by atoms with Crippen LogP contribution in [0.15, 0.2) is 18.2 Å². The molecule has 1 aliphatic heterocycles. The molecule has 1 aromatic heterocycles. The summed E-state index contributed by atoms with van der Waals surface area (Å²) in [6.07, 6.45) is 0.485. The van der Waals surface area contributed by atoms with Crippen molar-refractivity contribution in [3.63, 3.8) is 0 Å². The monoisotopic (exact) mass is 250 g/mol. The molecule has 0 spiro atoms. The lowest BCUT2D eigenvalue weighted by Gasteiger charge is -2.20. The van der Waals surface area contributed by atoms with E-state index < -0.39 is 0 Å². The minimum atomic E-state index is 0.0815. The molecule has 1 amide bonds. The molecular formula is C11H14N4OS. The van der Waals surface area contributed by atoms with Crippen LogP contribution in [-0.2, 0) is 4.79 Å². The van der Waals surface area contributed by atoms with E-state index in [9.17, 15) is 4.79 Å². The number of thiocarbonyl (C=S) groups is 1. The molecule has 1 aliphatic rings.